The molecule has 2 aliphatic heterocycles. The number of nitrogens with zero attached hydrogens (tertiary/aromatic N) is 2. The van der Waals surface area contributed by atoms with Gasteiger partial charge in [-0.2, -0.15) is 0 Å². The molecule has 2 aliphatic rings. The lowest BCUT2D eigenvalue weighted by atomic mass is 10.00. The highest BCUT2D eigenvalue weighted by Crippen LogP contribution is 2.39. The van der Waals surface area contributed by atoms with Gasteiger partial charge in [-0.25, -0.2) is 4.98 Å². The minimum absolute atomic E-state index is 0.410. The lowest BCUT2D eigenvalue weighted by molar-refractivity contribution is 0.328. The van der Waals surface area contributed by atoms with Crippen LogP contribution in [-0.2, 0) is 6.54 Å². The molecule has 4 nitrogen and oxygen atoms in total. The molecule has 3 heterocycles. The van der Waals surface area contributed by atoms with E-state index in [1.807, 2.05) is 6.20 Å². The second-order valence-electron chi connectivity index (χ2n) is 6.34. The Bertz CT molecular complexity index is 655. The largest absolute Gasteiger partial charge is 0.381 e. The van der Waals surface area contributed by atoms with E-state index in [0.29, 0.717) is 12.1 Å². The molecule has 0 aliphatic carbocycles. The van der Waals surface area contributed by atoms with Crippen molar-refractivity contribution >= 4 is 11.5 Å². The molecule has 22 heavy (non-hydrogen) atoms. The van der Waals surface area contributed by atoms with Crippen LogP contribution >= 0.6 is 0 Å². The van der Waals surface area contributed by atoms with Crippen LogP contribution < -0.4 is 10.6 Å². The summed E-state index contributed by atoms with van der Waals surface area (Å²) in [5.41, 5.74) is 3.99. The van der Waals surface area contributed by atoms with Crippen LogP contribution in [0.2, 0.25) is 0 Å². The van der Waals surface area contributed by atoms with Crippen LogP contribution in [-0.4, -0.2) is 29.0 Å². The highest BCUT2D eigenvalue weighted by atomic mass is 15.2. The Morgan fingerprint density at radius 3 is 2.95 bits per heavy atom. The average molecular weight is 294 g/mol. The maximum atomic E-state index is 4.36. The standard InChI is InChI=1S/C18H22N4/c1-13-17-16(7-9-19-18(17)20-13)21-15-8-10-22(12-15)11-14-5-3-2-4-6-14/h2-7,9,13,15H,8,10-12H2,1H3,(H2,19,20,21). The van der Waals surface area contributed by atoms with Crippen LogP contribution in [0.3, 0.4) is 0 Å². The second-order valence-corrected chi connectivity index (χ2v) is 6.34. The van der Waals surface area contributed by atoms with Crippen molar-refractivity contribution in [1.82, 2.24) is 9.88 Å². The summed E-state index contributed by atoms with van der Waals surface area (Å²) in [4.78, 5) is 6.89. The van der Waals surface area contributed by atoms with Gasteiger partial charge in [-0.1, -0.05) is 30.3 Å². The quantitative estimate of drug-likeness (QED) is 0.908. The Hall–Kier alpha value is -2.07. The maximum Gasteiger partial charge on any atom is 0.133 e. The summed E-state index contributed by atoms with van der Waals surface area (Å²) in [6, 6.07) is 13.8. The van der Waals surface area contributed by atoms with Gasteiger partial charge in [0.15, 0.2) is 0 Å². The first-order valence-corrected chi connectivity index (χ1v) is 8.08. The van der Waals surface area contributed by atoms with E-state index >= 15 is 0 Å². The molecule has 0 radical (unpaired) electrons. The molecule has 114 valence electrons. The summed E-state index contributed by atoms with van der Waals surface area (Å²) in [7, 11) is 0. The van der Waals surface area contributed by atoms with E-state index in [1.54, 1.807) is 0 Å². The van der Waals surface area contributed by atoms with E-state index in [2.05, 4.69) is 63.8 Å². The van der Waals surface area contributed by atoms with Gasteiger partial charge >= 0.3 is 0 Å². The lowest BCUT2D eigenvalue weighted by Crippen LogP contribution is -2.29. The van der Waals surface area contributed by atoms with Crippen LogP contribution in [0.25, 0.3) is 0 Å². The molecule has 1 fully saturated rings. The minimum Gasteiger partial charge on any atom is -0.381 e. The lowest BCUT2D eigenvalue weighted by Gasteiger charge is -2.31. The van der Waals surface area contributed by atoms with Crippen LogP contribution in [0, 0.1) is 0 Å². The summed E-state index contributed by atoms with van der Waals surface area (Å²) >= 11 is 0. The van der Waals surface area contributed by atoms with E-state index in [4.69, 9.17) is 0 Å². The van der Waals surface area contributed by atoms with E-state index in [-0.39, 0.29) is 0 Å². The van der Waals surface area contributed by atoms with Crippen molar-refractivity contribution in [3.63, 3.8) is 0 Å². The van der Waals surface area contributed by atoms with Crippen molar-refractivity contribution < 1.29 is 0 Å². The number of fused-ring (bicyclic) bond motifs is 1. The molecular weight excluding hydrogens is 272 g/mol. The zero-order chi connectivity index (χ0) is 14.9. The molecule has 4 rings (SSSR count). The summed E-state index contributed by atoms with van der Waals surface area (Å²) in [5, 5.41) is 7.06. The first-order chi connectivity index (χ1) is 10.8. The molecule has 2 atom stereocenters. The normalized spacial score (nSPS) is 23.5. The van der Waals surface area contributed by atoms with E-state index in [0.717, 1.165) is 25.5 Å². The van der Waals surface area contributed by atoms with Gasteiger partial charge < -0.3 is 10.6 Å². The monoisotopic (exact) mass is 294 g/mol. The van der Waals surface area contributed by atoms with Gasteiger partial charge in [-0.05, 0) is 25.0 Å². The number of pyridine rings is 1. The van der Waals surface area contributed by atoms with Gasteiger partial charge in [-0.15, -0.1) is 0 Å². The molecule has 0 saturated carbocycles. The van der Waals surface area contributed by atoms with Crippen molar-refractivity contribution in [2.45, 2.75) is 32.0 Å². The predicted octanol–water partition coefficient (Wildman–Crippen LogP) is 3.25. The van der Waals surface area contributed by atoms with Gasteiger partial charge in [0, 0.05) is 43.1 Å². The fourth-order valence-electron chi connectivity index (χ4n) is 3.51. The topological polar surface area (TPSA) is 40.2 Å². The van der Waals surface area contributed by atoms with E-state index in [9.17, 15) is 0 Å². The number of likely N-dealkylation sites (tertiary alicyclic amines) is 1. The molecule has 0 bridgehead atoms. The zero-order valence-corrected chi connectivity index (χ0v) is 12.9. The Labute approximate surface area is 131 Å². The summed E-state index contributed by atoms with van der Waals surface area (Å²) in [6.07, 6.45) is 3.09. The molecule has 1 aromatic heterocycles. The van der Waals surface area contributed by atoms with Gasteiger partial charge in [0.05, 0.1) is 6.04 Å². The zero-order valence-electron chi connectivity index (χ0n) is 12.9. The van der Waals surface area contributed by atoms with Crippen molar-refractivity contribution in [1.29, 1.82) is 0 Å². The van der Waals surface area contributed by atoms with Crippen LogP contribution in [0.5, 0.6) is 0 Å². The van der Waals surface area contributed by atoms with Crippen LogP contribution in [0.1, 0.15) is 30.5 Å². The minimum atomic E-state index is 0.410. The number of rotatable bonds is 4. The molecule has 0 spiro atoms. The van der Waals surface area contributed by atoms with E-state index < -0.39 is 0 Å². The smallest absolute Gasteiger partial charge is 0.133 e. The number of hydrogen-bond donors (Lipinski definition) is 2. The van der Waals surface area contributed by atoms with Crippen molar-refractivity contribution in [2.24, 2.45) is 0 Å². The molecular formula is C18H22N4. The molecule has 0 amide bonds. The van der Waals surface area contributed by atoms with Crippen molar-refractivity contribution in [2.75, 3.05) is 23.7 Å². The third kappa shape index (κ3) is 2.55. The third-order valence-corrected chi connectivity index (χ3v) is 4.66. The number of benzene rings is 1. The predicted molar refractivity (Wildman–Crippen MR) is 90.0 cm³/mol. The Morgan fingerprint density at radius 1 is 1.27 bits per heavy atom. The SMILES string of the molecule is CC1Nc2nccc(NC3CCN(Cc4ccccc4)C3)c21. The molecule has 2 N–H and O–H groups in total. The maximum absolute atomic E-state index is 4.36. The highest BCUT2D eigenvalue weighted by Gasteiger charge is 2.28. The molecule has 1 saturated heterocycles. The molecule has 1 aromatic carbocycles. The highest BCUT2D eigenvalue weighted by molar-refractivity contribution is 5.70. The molecule has 4 heteroatoms. The molecule has 2 aromatic rings. The fourth-order valence-corrected chi connectivity index (χ4v) is 3.51. The first-order valence-electron chi connectivity index (χ1n) is 8.08. The number of nitrogens with one attached hydrogen (secondary N) is 2. The van der Waals surface area contributed by atoms with E-state index in [1.165, 1.54) is 23.2 Å². The Balaban J connectivity index is 1.39. The second kappa shape index (κ2) is 5.61. The molecule has 2 unspecified atom stereocenters. The number of aromatic nitrogens is 1. The summed E-state index contributed by atoms with van der Waals surface area (Å²) in [5.74, 6) is 1.04. The Kier molecular flexibility index (Phi) is 3.47. The van der Waals surface area contributed by atoms with Crippen LogP contribution in [0.4, 0.5) is 11.5 Å². The fraction of sp³-hybridized carbons (Fsp3) is 0.389. The van der Waals surface area contributed by atoms with Crippen molar-refractivity contribution in [3.8, 4) is 0 Å². The third-order valence-electron chi connectivity index (χ3n) is 4.66. The average Bonchev–Trinajstić information content (AvgIpc) is 2.94. The van der Waals surface area contributed by atoms with Gasteiger partial charge in [0.2, 0.25) is 0 Å². The van der Waals surface area contributed by atoms with Crippen LogP contribution in [0.15, 0.2) is 42.6 Å². The van der Waals surface area contributed by atoms with Gasteiger partial charge in [-0.3, -0.25) is 4.90 Å². The summed E-state index contributed by atoms with van der Waals surface area (Å²) < 4.78 is 0. The first kappa shape index (κ1) is 13.6. The Morgan fingerprint density at radius 2 is 2.14 bits per heavy atom. The number of anilines is 2. The van der Waals surface area contributed by atoms with Gasteiger partial charge in [0.1, 0.15) is 5.82 Å². The summed E-state index contributed by atoms with van der Waals surface area (Å²) in [6.45, 7) is 5.50. The van der Waals surface area contributed by atoms with Gasteiger partial charge in [0.25, 0.3) is 0 Å². The van der Waals surface area contributed by atoms with Crippen molar-refractivity contribution in [3.05, 3.63) is 53.7 Å². The number of hydrogen-bond acceptors (Lipinski definition) is 4.